The number of hydrogen-bond donors (Lipinski definition) is 4. The number of hydrogen-bond acceptors (Lipinski definition) is 4. The van der Waals surface area contributed by atoms with Gasteiger partial charge in [0.15, 0.2) is 0 Å². The normalized spacial score (nSPS) is 12.6. The van der Waals surface area contributed by atoms with Crippen LogP contribution in [-0.2, 0) is 19.6 Å². The minimum Gasteiger partial charge on any atom is -0.505 e. The monoisotopic (exact) mass is 494 g/mol. The Kier molecular flexibility index (Phi) is 3.81. The first-order valence-electron chi connectivity index (χ1n) is 12.0. The number of aromatic nitrogens is 6. The molecule has 0 aliphatic heterocycles. The van der Waals surface area contributed by atoms with Crippen LogP contribution >= 0.6 is 0 Å². The zero-order valence-electron chi connectivity index (χ0n) is 19.5. The average molecular weight is 495 g/mol. The molecule has 0 spiro atoms. The third-order valence-electron chi connectivity index (χ3n) is 7.27. The molecule has 0 unspecified atom stereocenters. The maximum atomic E-state index is 11.3. The van der Waals surface area contributed by atoms with E-state index in [2.05, 4.69) is 0 Å². The molecule has 4 aromatic carbocycles. The third-order valence-corrected chi connectivity index (χ3v) is 7.27. The first kappa shape index (κ1) is 20.4. The first-order valence-corrected chi connectivity index (χ1v) is 12.0. The van der Waals surface area contributed by atoms with Gasteiger partial charge in [-0.3, -0.25) is 0 Å². The summed E-state index contributed by atoms with van der Waals surface area (Å²) in [6.07, 6.45) is 0.209. The van der Waals surface area contributed by atoms with Gasteiger partial charge >= 0.3 is 0 Å². The van der Waals surface area contributed by atoms with Crippen LogP contribution in [-0.4, -0.2) is 48.5 Å². The van der Waals surface area contributed by atoms with Crippen molar-refractivity contribution >= 4 is 22.1 Å². The molecule has 37 heavy (non-hydrogen) atoms. The van der Waals surface area contributed by atoms with E-state index in [-0.39, 0.29) is 31.1 Å². The van der Waals surface area contributed by atoms with Gasteiger partial charge < -0.3 is 20.4 Å². The molecular formula is C27H22N6O4. The molecule has 0 radical (unpaired) electrons. The number of phenolic OH excluding ortho intramolecular Hbond substituents is 2. The Morgan fingerprint density at radius 1 is 0.514 bits per heavy atom. The fraction of sp³-hybridized carbons (Fsp3) is 0.111. The smallest absolute Gasteiger partial charge is 0.146 e. The number of aliphatic hydroxyl groups is 2. The van der Waals surface area contributed by atoms with E-state index in [4.69, 9.17) is 0 Å². The number of nitrogens with zero attached hydrogens (tertiary/aromatic N) is 6. The van der Waals surface area contributed by atoms with E-state index >= 15 is 0 Å². The first-order chi connectivity index (χ1) is 18.1. The highest BCUT2D eigenvalue weighted by molar-refractivity contribution is 5.80. The number of phenols is 2. The Hall–Kier alpha value is -4.80. The summed E-state index contributed by atoms with van der Waals surface area (Å²) in [6, 6.07) is 22.9. The number of fused-ring (bicyclic) bond motifs is 8. The molecular weight excluding hydrogens is 472 g/mol. The van der Waals surface area contributed by atoms with Gasteiger partial charge in [0, 0.05) is 17.5 Å². The lowest BCUT2D eigenvalue weighted by Gasteiger charge is -2.13. The summed E-state index contributed by atoms with van der Waals surface area (Å²) in [4.78, 5) is 3.70. The summed E-state index contributed by atoms with van der Waals surface area (Å²) < 4.78 is 7.75. The molecule has 10 heteroatoms. The molecule has 10 nitrogen and oxygen atoms in total. The van der Waals surface area contributed by atoms with Gasteiger partial charge in [-0.25, -0.2) is 0 Å². The maximum absolute atomic E-state index is 11.3. The van der Waals surface area contributed by atoms with Gasteiger partial charge in [-0.2, -0.15) is 0 Å². The predicted octanol–water partition coefficient (Wildman–Crippen LogP) is 3.14. The summed E-state index contributed by atoms with van der Waals surface area (Å²) in [5.41, 5.74) is 7.67. The second-order valence-corrected chi connectivity index (χ2v) is 9.45. The number of rotatable bonds is 6. The molecule has 0 fully saturated rings. The molecule has 0 amide bonds. The minimum absolute atomic E-state index is 0.0690. The van der Waals surface area contributed by atoms with Crippen molar-refractivity contribution < 1.29 is 20.4 Å². The summed E-state index contributed by atoms with van der Waals surface area (Å²) in [7, 11) is 0. The highest BCUT2D eigenvalue weighted by Gasteiger charge is 2.29. The average Bonchev–Trinajstić information content (AvgIpc) is 3.78. The maximum Gasteiger partial charge on any atom is 0.146 e. The fourth-order valence-electron chi connectivity index (χ4n) is 5.44. The molecule has 4 N–H and O–H groups in total. The van der Waals surface area contributed by atoms with Crippen LogP contribution in [0.3, 0.4) is 0 Å². The van der Waals surface area contributed by atoms with Crippen LogP contribution in [0.4, 0.5) is 0 Å². The van der Waals surface area contributed by atoms with Gasteiger partial charge in [-0.1, -0.05) is 24.3 Å². The van der Waals surface area contributed by atoms with Gasteiger partial charge in [0.1, 0.15) is 44.9 Å². The summed E-state index contributed by atoms with van der Waals surface area (Å²) in [5, 5.41) is 42.5. The van der Waals surface area contributed by atoms with Crippen LogP contribution in [0.15, 0.2) is 72.8 Å². The quantitative estimate of drug-likeness (QED) is 0.285. The molecule has 0 aliphatic rings. The van der Waals surface area contributed by atoms with Crippen molar-refractivity contribution in [1.29, 1.82) is 0 Å². The van der Waals surface area contributed by atoms with Gasteiger partial charge in [-0.15, -0.1) is 28.1 Å². The molecule has 184 valence electrons. The topological polar surface area (TPSA) is 108 Å². The van der Waals surface area contributed by atoms with Crippen molar-refractivity contribution in [2.75, 3.05) is 0 Å². The van der Waals surface area contributed by atoms with E-state index in [0.717, 1.165) is 22.1 Å². The lowest BCUT2D eigenvalue weighted by molar-refractivity contribution is 0.281. The second-order valence-electron chi connectivity index (χ2n) is 9.45. The SMILES string of the molecule is OCc1cc(Cc2cc(CO)cc(-n3n4c5ccccc5n34)c2O)c(O)c(-n2n3c4ccccc4n23)c1. The Bertz CT molecular complexity index is 1840. The van der Waals surface area contributed by atoms with Crippen molar-refractivity contribution in [3.05, 3.63) is 95.1 Å². The van der Waals surface area contributed by atoms with Gasteiger partial charge in [0.25, 0.3) is 0 Å². The van der Waals surface area contributed by atoms with Crippen molar-refractivity contribution in [3.8, 4) is 22.9 Å². The lowest BCUT2D eigenvalue weighted by atomic mass is 9.98. The van der Waals surface area contributed by atoms with Gasteiger partial charge in [0.05, 0.1) is 13.2 Å². The Balaban J connectivity index is 1.24. The molecule has 8 aromatic rings. The number of benzene rings is 4. The Morgan fingerprint density at radius 3 is 1.19 bits per heavy atom. The Labute approximate surface area is 208 Å². The van der Waals surface area contributed by atoms with Crippen LogP contribution < -0.4 is 0 Å². The molecule has 4 heterocycles. The summed E-state index contributed by atoms with van der Waals surface area (Å²) >= 11 is 0. The number of para-hydroxylation sites is 4. The fourth-order valence-corrected chi connectivity index (χ4v) is 5.44. The second kappa shape index (κ2) is 6.90. The van der Waals surface area contributed by atoms with Crippen LogP contribution in [0, 0.1) is 0 Å². The summed E-state index contributed by atoms with van der Waals surface area (Å²) in [5.74, 6) is 0.138. The van der Waals surface area contributed by atoms with Crippen molar-refractivity contribution in [2.45, 2.75) is 19.6 Å². The van der Waals surface area contributed by atoms with Crippen molar-refractivity contribution in [2.24, 2.45) is 0 Å². The van der Waals surface area contributed by atoms with E-state index in [9.17, 15) is 20.4 Å². The van der Waals surface area contributed by atoms with Crippen molar-refractivity contribution in [3.63, 3.8) is 0 Å². The van der Waals surface area contributed by atoms with Crippen LogP contribution in [0.25, 0.3) is 33.4 Å². The van der Waals surface area contributed by atoms with E-state index in [1.807, 2.05) is 76.6 Å². The largest absolute Gasteiger partial charge is 0.505 e. The van der Waals surface area contributed by atoms with E-state index in [0.29, 0.717) is 33.6 Å². The van der Waals surface area contributed by atoms with E-state index in [1.165, 1.54) is 0 Å². The standard InChI is InChI=1S/C27H22N6O4/c34-14-16-9-18(26(36)24(11-16)32-28-20-5-1-2-6-21(20)29(28)32)13-19-10-17(15-35)12-25(27(19)37)33-30-22-7-3-4-8-23(22)31(30)33/h1-12,34-37H,13-15H2. The van der Waals surface area contributed by atoms with Gasteiger partial charge in [-0.05, 0) is 59.7 Å². The van der Waals surface area contributed by atoms with Crippen LogP contribution in [0.5, 0.6) is 11.5 Å². The molecule has 4 aromatic heterocycles. The number of aliphatic hydroxyl groups excluding tert-OH is 2. The zero-order chi connectivity index (χ0) is 25.0. The van der Waals surface area contributed by atoms with Crippen molar-refractivity contribution in [1.82, 2.24) is 28.1 Å². The molecule has 0 saturated heterocycles. The highest BCUT2D eigenvalue weighted by atomic mass is 16.3. The minimum atomic E-state index is -0.190. The molecule has 0 bridgehead atoms. The third kappa shape index (κ3) is 2.60. The van der Waals surface area contributed by atoms with E-state index < -0.39 is 0 Å². The number of aromatic hydroxyl groups is 2. The lowest BCUT2D eigenvalue weighted by Crippen LogP contribution is -2.00. The van der Waals surface area contributed by atoms with Crippen LogP contribution in [0.2, 0.25) is 0 Å². The van der Waals surface area contributed by atoms with Crippen LogP contribution in [0.1, 0.15) is 22.3 Å². The van der Waals surface area contributed by atoms with E-state index in [1.54, 1.807) is 24.3 Å². The molecule has 0 aliphatic carbocycles. The molecule has 0 saturated carbocycles. The molecule has 0 atom stereocenters. The summed E-state index contributed by atoms with van der Waals surface area (Å²) in [6.45, 7) is -0.379. The van der Waals surface area contributed by atoms with Gasteiger partial charge in [0.2, 0.25) is 0 Å². The molecule has 8 rings (SSSR count). The zero-order valence-corrected chi connectivity index (χ0v) is 19.5. The highest BCUT2D eigenvalue weighted by Crippen LogP contribution is 2.38. The Morgan fingerprint density at radius 2 is 0.865 bits per heavy atom. The predicted molar refractivity (Wildman–Crippen MR) is 136 cm³/mol.